The summed E-state index contributed by atoms with van der Waals surface area (Å²) < 4.78 is 0. The molecule has 2 aliphatic carbocycles. The number of amides is 2. The van der Waals surface area contributed by atoms with Crippen molar-refractivity contribution in [2.24, 2.45) is 0 Å². The Labute approximate surface area is 242 Å². The van der Waals surface area contributed by atoms with Crippen LogP contribution in [0.4, 0.5) is 0 Å². The molecular formula is C30H36N2O6S2. The minimum atomic E-state index is -1.03. The predicted molar refractivity (Wildman–Crippen MR) is 156 cm³/mol. The zero-order chi connectivity index (χ0) is 28.8. The molecule has 0 heterocycles. The van der Waals surface area contributed by atoms with Gasteiger partial charge in [-0.2, -0.15) is 0 Å². The van der Waals surface area contributed by atoms with Crippen molar-refractivity contribution < 1.29 is 29.4 Å². The molecule has 2 fully saturated rings. The van der Waals surface area contributed by atoms with E-state index in [0.29, 0.717) is 20.9 Å². The highest BCUT2D eigenvalue weighted by Gasteiger charge is 2.36. The third-order valence-corrected chi connectivity index (χ3v) is 10.4. The van der Waals surface area contributed by atoms with E-state index in [2.05, 4.69) is 0 Å². The molecule has 8 nitrogen and oxygen atoms in total. The Kier molecular flexibility index (Phi) is 10.2. The summed E-state index contributed by atoms with van der Waals surface area (Å²) in [6.45, 7) is 3.11. The normalized spacial score (nSPS) is 17.4. The van der Waals surface area contributed by atoms with Crippen molar-refractivity contribution in [3.63, 3.8) is 0 Å². The molecule has 2 saturated carbocycles. The van der Waals surface area contributed by atoms with E-state index in [1.165, 1.54) is 31.4 Å². The van der Waals surface area contributed by atoms with Gasteiger partial charge in [0.25, 0.3) is 11.8 Å². The molecular weight excluding hydrogens is 548 g/mol. The molecule has 2 aliphatic rings. The lowest BCUT2D eigenvalue weighted by Crippen LogP contribution is -2.48. The van der Waals surface area contributed by atoms with Gasteiger partial charge >= 0.3 is 11.9 Å². The molecule has 10 heteroatoms. The maximum atomic E-state index is 13.8. The van der Waals surface area contributed by atoms with Crippen molar-refractivity contribution in [1.29, 1.82) is 0 Å². The summed E-state index contributed by atoms with van der Waals surface area (Å²) in [5.41, 5.74) is 0.853. The second-order valence-corrected chi connectivity index (χ2v) is 12.7. The van der Waals surface area contributed by atoms with Crippen molar-refractivity contribution >= 4 is 45.3 Å². The number of hydrogen-bond donors (Lipinski definition) is 2. The Morgan fingerprint density at radius 3 is 1.30 bits per heavy atom. The summed E-state index contributed by atoms with van der Waals surface area (Å²) in [4.78, 5) is 55.7. The van der Waals surface area contributed by atoms with Gasteiger partial charge in [-0.15, -0.1) is 0 Å². The lowest BCUT2D eigenvalue weighted by Gasteiger charge is -2.33. The van der Waals surface area contributed by atoms with Crippen LogP contribution in [0.25, 0.3) is 0 Å². The largest absolute Gasteiger partial charge is 0.480 e. The number of rotatable bonds is 11. The number of hydrogen-bond acceptors (Lipinski definition) is 6. The number of carbonyl (C=O) groups is 4. The van der Waals surface area contributed by atoms with Crippen LogP contribution >= 0.6 is 21.6 Å². The van der Waals surface area contributed by atoms with Crippen molar-refractivity contribution in [3.05, 3.63) is 59.7 Å². The molecule has 40 heavy (non-hydrogen) atoms. The van der Waals surface area contributed by atoms with E-state index in [1.807, 2.05) is 24.3 Å². The Morgan fingerprint density at radius 2 is 0.975 bits per heavy atom. The molecule has 2 amide bonds. The SMILES string of the molecule is C[C@@H](C(=O)O)N(C(=O)c1ccccc1SSc1ccccc1C(=O)N(C1CCCC1)[C@@H](C)C(=O)O)C1CCCC1. The van der Waals surface area contributed by atoms with Gasteiger partial charge in [0.1, 0.15) is 12.1 Å². The minimum Gasteiger partial charge on any atom is -0.480 e. The molecule has 2 N–H and O–H groups in total. The zero-order valence-corrected chi connectivity index (χ0v) is 24.5. The van der Waals surface area contributed by atoms with E-state index in [0.717, 1.165) is 51.4 Å². The number of aliphatic carboxylic acids is 2. The van der Waals surface area contributed by atoms with Crippen LogP contribution < -0.4 is 0 Å². The lowest BCUT2D eigenvalue weighted by molar-refractivity contribution is -0.143. The first-order chi connectivity index (χ1) is 19.2. The molecule has 0 saturated heterocycles. The van der Waals surface area contributed by atoms with Crippen molar-refractivity contribution in [1.82, 2.24) is 9.80 Å². The van der Waals surface area contributed by atoms with Crippen LogP contribution in [0.5, 0.6) is 0 Å². The third-order valence-electron chi connectivity index (χ3n) is 7.91. The molecule has 2 aromatic carbocycles. The van der Waals surface area contributed by atoms with Crippen LogP contribution in [0.2, 0.25) is 0 Å². The van der Waals surface area contributed by atoms with Gasteiger partial charge in [0.15, 0.2) is 0 Å². The molecule has 0 aromatic heterocycles. The number of carboxylic acid groups (broad SMARTS) is 2. The molecule has 0 bridgehead atoms. The number of nitrogens with zero attached hydrogens (tertiary/aromatic N) is 2. The minimum absolute atomic E-state index is 0.111. The second kappa shape index (κ2) is 13.6. The highest BCUT2D eigenvalue weighted by molar-refractivity contribution is 8.76. The van der Waals surface area contributed by atoms with E-state index in [9.17, 15) is 29.4 Å². The van der Waals surface area contributed by atoms with Gasteiger partial charge in [-0.25, -0.2) is 9.59 Å². The van der Waals surface area contributed by atoms with Crippen LogP contribution in [0.15, 0.2) is 58.3 Å². The predicted octanol–water partition coefficient (Wildman–Crippen LogP) is 6.20. The summed E-state index contributed by atoms with van der Waals surface area (Å²) in [5, 5.41) is 19.5. The van der Waals surface area contributed by atoms with Gasteiger partial charge in [-0.1, -0.05) is 71.5 Å². The summed E-state index contributed by atoms with van der Waals surface area (Å²) in [5.74, 6) is -2.68. The number of carbonyl (C=O) groups excluding carboxylic acids is 2. The van der Waals surface area contributed by atoms with Crippen molar-refractivity contribution in [2.75, 3.05) is 0 Å². The van der Waals surface area contributed by atoms with Crippen molar-refractivity contribution in [3.8, 4) is 0 Å². The number of carboxylic acids is 2. The number of benzene rings is 2. The van der Waals surface area contributed by atoms with Gasteiger partial charge in [0.05, 0.1) is 11.1 Å². The van der Waals surface area contributed by atoms with E-state index in [-0.39, 0.29) is 23.9 Å². The molecule has 0 radical (unpaired) electrons. The lowest BCUT2D eigenvalue weighted by atomic mass is 10.1. The first kappa shape index (κ1) is 30.0. The zero-order valence-electron chi connectivity index (χ0n) is 22.8. The molecule has 0 aliphatic heterocycles. The van der Waals surface area contributed by atoms with Crippen molar-refractivity contribution in [2.45, 2.75) is 99.2 Å². The van der Waals surface area contributed by atoms with Gasteiger partial charge in [0.2, 0.25) is 0 Å². The molecule has 0 spiro atoms. The second-order valence-electron chi connectivity index (χ2n) is 10.5. The smallest absolute Gasteiger partial charge is 0.326 e. The molecule has 2 aromatic rings. The topological polar surface area (TPSA) is 115 Å². The average Bonchev–Trinajstić information content (AvgIpc) is 3.67. The highest BCUT2D eigenvalue weighted by Crippen LogP contribution is 2.42. The Bertz CT molecular complexity index is 1150. The Balaban J connectivity index is 1.59. The van der Waals surface area contributed by atoms with Crippen LogP contribution in [-0.4, -0.2) is 67.9 Å². The monoisotopic (exact) mass is 584 g/mol. The van der Waals surface area contributed by atoms with Gasteiger partial charge < -0.3 is 20.0 Å². The van der Waals surface area contributed by atoms with Crippen LogP contribution in [0, 0.1) is 0 Å². The quantitative estimate of drug-likeness (QED) is 0.300. The molecule has 4 rings (SSSR count). The van der Waals surface area contributed by atoms with Gasteiger partial charge in [-0.05, 0) is 63.8 Å². The summed E-state index contributed by atoms with van der Waals surface area (Å²) >= 11 is 0. The summed E-state index contributed by atoms with van der Waals surface area (Å²) in [6.07, 6.45) is 7.02. The summed E-state index contributed by atoms with van der Waals surface area (Å²) in [6, 6.07) is 12.2. The average molecular weight is 585 g/mol. The van der Waals surface area contributed by atoms with E-state index >= 15 is 0 Å². The van der Waals surface area contributed by atoms with E-state index in [4.69, 9.17) is 0 Å². The first-order valence-electron chi connectivity index (χ1n) is 13.8. The maximum absolute atomic E-state index is 13.8. The standard InChI is InChI=1S/C30H36N2O6S2/c1-19(29(35)36)31(21-11-3-4-12-21)27(33)23-15-7-9-17-25(23)39-40-26-18-10-8-16-24(26)28(34)32(20(2)30(37)38)22-13-5-6-14-22/h7-10,15-22H,3-6,11-14H2,1-2H3,(H,35,36)(H,37,38)/t19-,20-/m0/s1. The maximum Gasteiger partial charge on any atom is 0.326 e. The third kappa shape index (κ3) is 6.66. The highest BCUT2D eigenvalue weighted by atomic mass is 33.1. The molecule has 0 unspecified atom stereocenters. The van der Waals surface area contributed by atoms with Crippen LogP contribution in [-0.2, 0) is 9.59 Å². The molecule has 2 atom stereocenters. The Hall–Kier alpha value is -2.98. The van der Waals surface area contributed by atoms with E-state index in [1.54, 1.807) is 38.1 Å². The fourth-order valence-electron chi connectivity index (χ4n) is 5.72. The fraction of sp³-hybridized carbons (Fsp3) is 0.467. The van der Waals surface area contributed by atoms with Gasteiger partial charge in [-0.3, -0.25) is 9.59 Å². The van der Waals surface area contributed by atoms with E-state index < -0.39 is 24.0 Å². The molecule has 214 valence electrons. The summed E-state index contributed by atoms with van der Waals surface area (Å²) in [7, 11) is 2.67. The van der Waals surface area contributed by atoms with Gasteiger partial charge in [0, 0.05) is 21.9 Å². The fourth-order valence-corrected chi connectivity index (χ4v) is 8.07. The Morgan fingerprint density at radius 1 is 0.650 bits per heavy atom. The van der Waals surface area contributed by atoms with Crippen LogP contribution in [0.3, 0.4) is 0 Å². The van der Waals surface area contributed by atoms with Crippen LogP contribution in [0.1, 0.15) is 85.9 Å². The first-order valence-corrected chi connectivity index (χ1v) is 16.0.